The smallest absolute Gasteiger partial charge is 0.331 e. The number of pyridine rings is 1. The van der Waals surface area contributed by atoms with Gasteiger partial charge in [-0.2, -0.15) is 0 Å². The third-order valence-corrected chi connectivity index (χ3v) is 5.33. The van der Waals surface area contributed by atoms with Gasteiger partial charge in [-0.15, -0.1) is 16.9 Å². The molecule has 3 rings (SSSR count). The highest BCUT2D eigenvalue weighted by Gasteiger charge is 2.37. The summed E-state index contributed by atoms with van der Waals surface area (Å²) in [4.78, 5) is 42.2. The second-order valence-electron chi connectivity index (χ2n) is 6.00. The maximum atomic E-state index is 12.8. The Hall–Kier alpha value is -2.95. The zero-order valence-electron chi connectivity index (χ0n) is 15.3. The number of ether oxygens (including phenoxy) is 2. The normalized spacial score (nSPS) is 17.2. The minimum Gasteiger partial charge on any atom is -0.467 e. The van der Waals surface area contributed by atoms with Crippen molar-refractivity contribution in [3.8, 4) is 0 Å². The van der Waals surface area contributed by atoms with E-state index in [0.29, 0.717) is 18.1 Å². The van der Waals surface area contributed by atoms with Crippen LogP contribution in [0.5, 0.6) is 0 Å². The van der Waals surface area contributed by atoms with Crippen LogP contribution in [0.25, 0.3) is 0 Å². The summed E-state index contributed by atoms with van der Waals surface area (Å²) in [6, 6.07) is 2.11. The molecule has 1 saturated heterocycles. The number of hydrogen-bond acceptors (Lipinski definition) is 9. The zero-order chi connectivity index (χ0) is 20.1. The van der Waals surface area contributed by atoms with Gasteiger partial charge >= 0.3 is 11.9 Å². The van der Waals surface area contributed by atoms with Crippen molar-refractivity contribution in [2.75, 3.05) is 25.8 Å². The fourth-order valence-corrected chi connectivity index (χ4v) is 3.95. The van der Waals surface area contributed by atoms with Gasteiger partial charge in [0.1, 0.15) is 6.04 Å². The molecule has 1 fully saturated rings. The van der Waals surface area contributed by atoms with Crippen molar-refractivity contribution in [2.45, 2.75) is 18.5 Å². The lowest BCUT2D eigenvalue weighted by Crippen LogP contribution is -2.42. The number of esters is 2. The van der Waals surface area contributed by atoms with Crippen LogP contribution in [0.1, 0.15) is 22.1 Å². The van der Waals surface area contributed by atoms with Crippen LogP contribution in [-0.2, 0) is 25.5 Å². The van der Waals surface area contributed by atoms with E-state index < -0.39 is 29.9 Å². The van der Waals surface area contributed by atoms with Gasteiger partial charge in [-0.3, -0.25) is 9.78 Å². The van der Waals surface area contributed by atoms with Gasteiger partial charge in [0.05, 0.1) is 26.3 Å². The predicted molar refractivity (Wildman–Crippen MR) is 98.3 cm³/mol. The molecule has 1 aliphatic heterocycles. The van der Waals surface area contributed by atoms with Crippen molar-refractivity contribution in [3.05, 3.63) is 42.0 Å². The Bertz CT molecular complexity index is 859. The quantitative estimate of drug-likeness (QED) is 0.626. The highest BCUT2D eigenvalue weighted by Crippen LogP contribution is 2.24. The molecule has 0 N–H and O–H groups in total. The highest BCUT2D eigenvalue weighted by molar-refractivity contribution is 7.99. The van der Waals surface area contributed by atoms with E-state index in [0.717, 1.165) is 5.56 Å². The largest absolute Gasteiger partial charge is 0.467 e. The van der Waals surface area contributed by atoms with Crippen LogP contribution < -0.4 is 0 Å². The van der Waals surface area contributed by atoms with Gasteiger partial charge in [0.15, 0.2) is 11.7 Å². The van der Waals surface area contributed by atoms with Gasteiger partial charge in [0, 0.05) is 24.6 Å². The lowest BCUT2D eigenvalue weighted by molar-refractivity contribution is -0.145. The first-order valence-electron chi connectivity index (χ1n) is 8.40. The standard InChI is InChI=1S/C17H19N5O5S/c1-26-16(24)13(7-11-3-5-18-6-4-11)22-8-12(19-20-22)15(23)21-10-28-9-14(21)17(25)27-2/h3-6,8,13-14H,7,9-10H2,1-2H3/t13-,14+/m1/s1. The molecule has 0 aliphatic carbocycles. The monoisotopic (exact) mass is 405 g/mol. The molecule has 2 aromatic rings. The number of aromatic nitrogens is 4. The number of rotatable bonds is 6. The van der Waals surface area contributed by atoms with Gasteiger partial charge < -0.3 is 14.4 Å². The maximum absolute atomic E-state index is 12.8. The average Bonchev–Trinajstić information content (AvgIpc) is 3.41. The number of nitrogens with zero attached hydrogens (tertiary/aromatic N) is 5. The van der Waals surface area contributed by atoms with Crippen LogP contribution in [0.3, 0.4) is 0 Å². The van der Waals surface area contributed by atoms with Crippen LogP contribution in [-0.4, -0.2) is 74.6 Å². The van der Waals surface area contributed by atoms with Gasteiger partial charge in [-0.25, -0.2) is 14.3 Å². The van der Waals surface area contributed by atoms with Crippen molar-refractivity contribution in [3.63, 3.8) is 0 Å². The number of thioether (sulfide) groups is 1. The summed E-state index contributed by atoms with van der Waals surface area (Å²) in [5.74, 6) is -0.623. The highest BCUT2D eigenvalue weighted by atomic mass is 32.2. The fourth-order valence-electron chi connectivity index (χ4n) is 2.81. The average molecular weight is 405 g/mol. The predicted octanol–water partition coefficient (Wildman–Crippen LogP) is 0.318. The number of methoxy groups -OCH3 is 2. The minimum atomic E-state index is -0.786. The number of hydrogen-bond donors (Lipinski definition) is 0. The number of carbonyl (C=O) groups is 3. The molecule has 2 aromatic heterocycles. The molecule has 11 heteroatoms. The first-order valence-corrected chi connectivity index (χ1v) is 9.55. The lowest BCUT2D eigenvalue weighted by Gasteiger charge is -2.20. The van der Waals surface area contributed by atoms with Crippen molar-refractivity contribution in [1.29, 1.82) is 0 Å². The Morgan fingerprint density at radius 2 is 2.00 bits per heavy atom. The molecule has 148 valence electrons. The lowest BCUT2D eigenvalue weighted by atomic mass is 10.1. The Labute approximate surface area is 165 Å². The van der Waals surface area contributed by atoms with E-state index >= 15 is 0 Å². The maximum Gasteiger partial charge on any atom is 0.331 e. The summed E-state index contributed by atoms with van der Waals surface area (Å²) in [5.41, 5.74) is 0.899. The Kier molecular flexibility index (Phi) is 6.24. The van der Waals surface area contributed by atoms with E-state index in [1.165, 1.54) is 41.8 Å². The summed E-state index contributed by atoms with van der Waals surface area (Å²) in [6.07, 6.45) is 4.94. The SMILES string of the molecule is COC(=O)[C@@H](Cc1ccncc1)n1cc(C(=O)N2CSC[C@H]2C(=O)OC)nn1. The molecular weight excluding hydrogens is 386 g/mol. The molecule has 10 nitrogen and oxygen atoms in total. The number of carbonyl (C=O) groups excluding carboxylic acids is 3. The van der Waals surface area contributed by atoms with Crippen molar-refractivity contribution in [2.24, 2.45) is 0 Å². The molecule has 28 heavy (non-hydrogen) atoms. The second kappa shape index (κ2) is 8.83. The summed E-state index contributed by atoms with van der Waals surface area (Å²) in [7, 11) is 2.57. The molecule has 0 bridgehead atoms. The summed E-state index contributed by atoms with van der Waals surface area (Å²) >= 11 is 1.45. The summed E-state index contributed by atoms with van der Waals surface area (Å²) in [5, 5.41) is 7.84. The Morgan fingerprint density at radius 1 is 1.25 bits per heavy atom. The molecule has 3 heterocycles. The van der Waals surface area contributed by atoms with E-state index in [-0.39, 0.29) is 5.69 Å². The molecule has 0 radical (unpaired) electrons. The first kappa shape index (κ1) is 19.8. The molecule has 1 amide bonds. The number of amides is 1. The first-order chi connectivity index (χ1) is 13.5. The molecule has 1 aliphatic rings. The van der Waals surface area contributed by atoms with Crippen LogP contribution >= 0.6 is 11.8 Å². The van der Waals surface area contributed by atoms with Crippen molar-refractivity contribution < 1.29 is 23.9 Å². The fraction of sp³-hybridized carbons (Fsp3) is 0.412. The van der Waals surface area contributed by atoms with Gasteiger partial charge in [0.25, 0.3) is 5.91 Å². The third-order valence-electron chi connectivity index (χ3n) is 4.32. The zero-order valence-corrected chi connectivity index (χ0v) is 16.2. The van der Waals surface area contributed by atoms with Crippen molar-refractivity contribution in [1.82, 2.24) is 24.9 Å². The topological polar surface area (TPSA) is 117 Å². The molecule has 0 aromatic carbocycles. The van der Waals surface area contributed by atoms with Gasteiger partial charge in [-0.05, 0) is 17.7 Å². The van der Waals surface area contributed by atoms with Crippen LogP contribution in [0, 0.1) is 0 Å². The van der Waals surface area contributed by atoms with E-state index in [9.17, 15) is 14.4 Å². The van der Waals surface area contributed by atoms with E-state index in [2.05, 4.69) is 15.3 Å². The molecular formula is C17H19N5O5S. The Morgan fingerprint density at radius 3 is 2.68 bits per heavy atom. The van der Waals surface area contributed by atoms with Crippen LogP contribution in [0.4, 0.5) is 0 Å². The van der Waals surface area contributed by atoms with E-state index in [1.807, 2.05) is 0 Å². The van der Waals surface area contributed by atoms with Gasteiger partial charge in [-0.1, -0.05) is 5.21 Å². The minimum absolute atomic E-state index is 0.0417. The molecule has 0 unspecified atom stereocenters. The molecule has 0 spiro atoms. The van der Waals surface area contributed by atoms with Crippen molar-refractivity contribution >= 4 is 29.6 Å². The molecule has 2 atom stereocenters. The van der Waals surface area contributed by atoms with Gasteiger partial charge in [0.2, 0.25) is 0 Å². The summed E-state index contributed by atoms with van der Waals surface area (Å²) in [6.45, 7) is 0. The third kappa shape index (κ3) is 4.14. The summed E-state index contributed by atoms with van der Waals surface area (Å²) < 4.78 is 10.9. The van der Waals surface area contributed by atoms with Crippen LogP contribution in [0.2, 0.25) is 0 Å². The van der Waals surface area contributed by atoms with Crippen LogP contribution in [0.15, 0.2) is 30.7 Å². The van der Waals surface area contributed by atoms with E-state index in [1.54, 1.807) is 24.5 Å². The molecule has 0 saturated carbocycles. The second-order valence-corrected chi connectivity index (χ2v) is 7.00. The van der Waals surface area contributed by atoms with E-state index in [4.69, 9.17) is 9.47 Å². The Balaban J connectivity index is 1.81.